The van der Waals surface area contributed by atoms with Gasteiger partial charge in [0.05, 0.1) is 16.7 Å². The van der Waals surface area contributed by atoms with Crippen LogP contribution in [-0.4, -0.2) is 17.2 Å². The average Bonchev–Trinajstić information content (AvgIpc) is 2.28. The van der Waals surface area contributed by atoms with Gasteiger partial charge in [0.2, 0.25) is 0 Å². The SMILES string of the molecule is CNC(C)(C)c1cc2ccccc2nn1. The Morgan fingerprint density at radius 1 is 1.13 bits per heavy atom. The van der Waals surface area contributed by atoms with E-state index in [1.54, 1.807) is 0 Å². The first kappa shape index (κ1) is 10.1. The molecule has 0 spiro atoms. The topological polar surface area (TPSA) is 37.8 Å². The highest BCUT2D eigenvalue weighted by Crippen LogP contribution is 2.19. The molecule has 3 nitrogen and oxygen atoms in total. The summed E-state index contributed by atoms with van der Waals surface area (Å²) in [5.41, 5.74) is 1.76. The summed E-state index contributed by atoms with van der Waals surface area (Å²) in [5.74, 6) is 0. The molecule has 0 saturated carbocycles. The van der Waals surface area contributed by atoms with Crippen LogP contribution in [0.1, 0.15) is 19.5 Å². The lowest BCUT2D eigenvalue weighted by Crippen LogP contribution is -2.34. The number of hydrogen-bond donors (Lipinski definition) is 1. The summed E-state index contributed by atoms with van der Waals surface area (Å²) in [4.78, 5) is 0. The van der Waals surface area contributed by atoms with E-state index in [1.807, 2.05) is 25.2 Å². The highest BCUT2D eigenvalue weighted by molar-refractivity contribution is 5.78. The smallest absolute Gasteiger partial charge is 0.0929 e. The van der Waals surface area contributed by atoms with Crippen molar-refractivity contribution in [2.45, 2.75) is 19.4 Å². The Bertz CT molecular complexity index is 477. The summed E-state index contributed by atoms with van der Waals surface area (Å²) in [7, 11) is 1.93. The molecule has 1 heterocycles. The summed E-state index contributed by atoms with van der Waals surface area (Å²) < 4.78 is 0. The third-order valence-electron chi connectivity index (χ3n) is 2.76. The lowest BCUT2D eigenvalue weighted by atomic mass is 10.00. The van der Waals surface area contributed by atoms with Crippen LogP contribution in [-0.2, 0) is 5.54 Å². The molecule has 0 fully saturated rings. The fourth-order valence-electron chi connectivity index (χ4n) is 1.42. The van der Waals surface area contributed by atoms with Crippen LogP contribution in [0.4, 0.5) is 0 Å². The Hall–Kier alpha value is -1.48. The highest BCUT2D eigenvalue weighted by Gasteiger charge is 2.20. The molecule has 2 aromatic rings. The van der Waals surface area contributed by atoms with Gasteiger partial charge in [0, 0.05) is 5.39 Å². The van der Waals surface area contributed by atoms with E-state index in [0.717, 1.165) is 16.6 Å². The van der Waals surface area contributed by atoms with Crippen LogP contribution in [0.2, 0.25) is 0 Å². The van der Waals surface area contributed by atoms with Gasteiger partial charge in [-0.1, -0.05) is 18.2 Å². The molecule has 3 heteroatoms. The van der Waals surface area contributed by atoms with Crippen LogP contribution in [0.3, 0.4) is 0 Å². The highest BCUT2D eigenvalue weighted by atomic mass is 15.1. The molecule has 1 N–H and O–H groups in total. The molecule has 15 heavy (non-hydrogen) atoms. The monoisotopic (exact) mass is 201 g/mol. The van der Waals surface area contributed by atoms with Crippen LogP contribution < -0.4 is 5.32 Å². The van der Waals surface area contributed by atoms with Crippen LogP contribution in [0.5, 0.6) is 0 Å². The van der Waals surface area contributed by atoms with Crippen LogP contribution in [0, 0.1) is 0 Å². The van der Waals surface area contributed by atoms with Gasteiger partial charge < -0.3 is 5.32 Å². The van der Waals surface area contributed by atoms with Gasteiger partial charge in [0.1, 0.15) is 0 Å². The van der Waals surface area contributed by atoms with E-state index in [9.17, 15) is 0 Å². The molecule has 0 unspecified atom stereocenters. The van der Waals surface area contributed by atoms with Crippen molar-refractivity contribution in [1.82, 2.24) is 15.5 Å². The third kappa shape index (κ3) is 1.83. The largest absolute Gasteiger partial charge is 0.310 e. The molecule has 2 rings (SSSR count). The van der Waals surface area contributed by atoms with Crippen molar-refractivity contribution in [3.63, 3.8) is 0 Å². The zero-order valence-electron chi connectivity index (χ0n) is 9.28. The second-order valence-corrected chi connectivity index (χ2v) is 4.16. The number of benzene rings is 1. The Balaban J connectivity index is 2.56. The molecular formula is C12H15N3. The van der Waals surface area contributed by atoms with Crippen molar-refractivity contribution < 1.29 is 0 Å². The third-order valence-corrected chi connectivity index (χ3v) is 2.76. The first-order valence-corrected chi connectivity index (χ1v) is 5.05. The quantitative estimate of drug-likeness (QED) is 0.808. The fourth-order valence-corrected chi connectivity index (χ4v) is 1.42. The van der Waals surface area contributed by atoms with Gasteiger partial charge in [-0.2, -0.15) is 10.2 Å². The zero-order valence-corrected chi connectivity index (χ0v) is 9.28. The Morgan fingerprint density at radius 3 is 2.60 bits per heavy atom. The minimum atomic E-state index is -0.142. The lowest BCUT2D eigenvalue weighted by molar-refractivity contribution is 0.427. The van der Waals surface area contributed by atoms with Crippen molar-refractivity contribution >= 4 is 10.9 Å². The zero-order chi connectivity index (χ0) is 10.9. The van der Waals surface area contributed by atoms with Crippen molar-refractivity contribution in [3.8, 4) is 0 Å². The van der Waals surface area contributed by atoms with Gasteiger partial charge in [-0.3, -0.25) is 0 Å². The molecule has 0 bridgehead atoms. The maximum absolute atomic E-state index is 4.24. The van der Waals surface area contributed by atoms with Crippen molar-refractivity contribution in [3.05, 3.63) is 36.0 Å². The maximum Gasteiger partial charge on any atom is 0.0929 e. The number of aromatic nitrogens is 2. The first-order chi connectivity index (χ1) is 7.13. The minimum absolute atomic E-state index is 0.142. The van der Waals surface area contributed by atoms with E-state index in [-0.39, 0.29) is 5.54 Å². The predicted octanol–water partition coefficient (Wildman–Crippen LogP) is 2.08. The molecule has 0 atom stereocenters. The summed E-state index contributed by atoms with van der Waals surface area (Å²) in [6.07, 6.45) is 0. The summed E-state index contributed by atoms with van der Waals surface area (Å²) in [6.45, 7) is 4.18. The maximum atomic E-state index is 4.24. The second kappa shape index (κ2) is 3.59. The van der Waals surface area contributed by atoms with E-state index in [2.05, 4.69) is 41.5 Å². The molecule has 0 saturated heterocycles. The van der Waals surface area contributed by atoms with E-state index in [1.165, 1.54) is 0 Å². The molecule has 0 amide bonds. The van der Waals surface area contributed by atoms with Gasteiger partial charge >= 0.3 is 0 Å². The van der Waals surface area contributed by atoms with Gasteiger partial charge in [-0.25, -0.2) is 0 Å². The molecule has 0 radical (unpaired) electrons. The molecule has 1 aromatic carbocycles. The van der Waals surface area contributed by atoms with Gasteiger partial charge in [-0.05, 0) is 33.0 Å². The van der Waals surface area contributed by atoms with Crippen LogP contribution >= 0.6 is 0 Å². The van der Waals surface area contributed by atoms with Crippen molar-refractivity contribution in [2.75, 3.05) is 7.05 Å². The Kier molecular flexibility index (Phi) is 2.40. The summed E-state index contributed by atoms with van der Waals surface area (Å²) in [5, 5.41) is 12.8. The van der Waals surface area contributed by atoms with E-state index in [4.69, 9.17) is 0 Å². The molecule has 0 aliphatic rings. The summed E-state index contributed by atoms with van der Waals surface area (Å²) >= 11 is 0. The fraction of sp³-hybridized carbons (Fsp3) is 0.333. The van der Waals surface area contributed by atoms with Gasteiger partial charge in [0.25, 0.3) is 0 Å². The lowest BCUT2D eigenvalue weighted by Gasteiger charge is -2.22. The molecule has 78 valence electrons. The second-order valence-electron chi connectivity index (χ2n) is 4.16. The number of hydrogen-bond acceptors (Lipinski definition) is 3. The van der Waals surface area contributed by atoms with Gasteiger partial charge in [0.15, 0.2) is 0 Å². The molecular weight excluding hydrogens is 186 g/mol. The number of nitrogens with one attached hydrogen (secondary N) is 1. The first-order valence-electron chi connectivity index (χ1n) is 5.05. The number of nitrogens with zero attached hydrogens (tertiary/aromatic N) is 2. The summed E-state index contributed by atoms with van der Waals surface area (Å²) in [6, 6.07) is 10.1. The average molecular weight is 201 g/mol. The Labute approximate surface area is 89.5 Å². The Morgan fingerprint density at radius 2 is 1.87 bits per heavy atom. The predicted molar refractivity (Wildman–Crippen MR) is 61.6 cm³/mol. The van der Waals surface area contributed by atoms with Crippen molar-refractivity contribution in [2.24, 2.45) is 0 Å². The normalized spacial score (nSPS) is 11.9. The van der Waals surface area contributed by atoms with E-state index >= 15 is 0 Å². The molecule has 1 aromatic heterocycles. The molecule has 0 aliphatic carbocycles. The molecule has 0 aliphatic heterocycles. The van der Waals surface area contributed by atoms with E-state index in [0.29, 0.717) is 0 Å². The standard InChI is InChI=1S/C12H15N3/c1-12(2,13-3)11-8-9-6-4-5-7-10(9)14-15-11/h4-8,13H,1-3H3. The number of fused-ring (bicyclic) bond motifs is 1. The van der Waals surface area contributed by atoms with Crippen molar-refractivity contribution in [1.29, 1.82) is 0 Å². The van der Waals surface area contributed by atoms with E-state index < -0.39 is 0 Å². The van der Waals surface area contributed by atoms with Crippen LogP contribution in [0.25, 0.3) is 10.9 Å². The van der Waals surface area contributed by atoms with Gasteiger partial charge in [-0.15, -0.1) is 0 Å². The number of rotatable bonds is 2. The minimum Gasteiger partial charge on any atom is -0.310 e. The van der Waals surface area contributed by atoms with Crippen LogP contribution in [0.15, 0.2) is 30.3 Å².